The van der Waals surface area contributed by atoms with Crippen LogP contribution >= 0.6 is 11.6 Å². The maximum atomic E-state index is 12.9. The molecule has 174 valence electrons. The third kappa shape index (κ3) is 5.22. The summed E-state index contributed by atoms with van der Waals surface area (Å²) in [7, 11) is -3.78. The number of sulfonamides is 1. The van der Waals surface area contributed by atoms with Gasteiger partial charge in [-0.15, -0.1) is 0 Å². The number of piperidine rings is 1. The quantitative estimate of drug-likeness (QED) is 0.592. The lowest BCUT2D eigenvalue weighted by Gasteiger charge is -2.28. The number of aliphatic imine (C=N–C) groups is 2. The van der Waals surface area contributed by atoms with Gasteiger partial charge in [0.1, 0.15) is 11.9 Å². The Morgan fingerprint density at radius 2 is 1.97 bits per heavy atom. The Labute approximate surface area is 196 Å². The lowest BCUT2D eigenvalue weighted by atomic mass is 10.1. The number of hydrogen-bond acceptors (Lipinski definition) is 8. The summed E-state index contributed by atoms with van der Waals surface area (Å²) < 4.78 is 27.1. The molecule has 0 aliphatic carbocycles. The van der Waals surface area contributed by atoms with E-state index in [2.05, 4.69) is 25.6 Å². The van der Waals surface area contributed by atoms with Gasteiger partial charge in [-0.3, -0.25) is 15.1 Å². The largest absolute Gasteiger partial charge is 0.393 e. The minimum absolute atomic E-state index is 0.00584. The van der Waals surface area contributed by atoms with Crippen LogP contribution in [-0.2, 0) is 10.0 Å². The summed E-state index contributed by atoms with van der Waals surface area (Å²) in [4.78, 5) is 25.7. The zero-order valence-corrected chi connectivity index (χ0v) is 19.3. The van der Waals surface area contributed by atoms with Crippen molar-refractivity contribution in [3.63, 3.8) is 0 Å². The summed E-state index contributed by atoms with van der Waals surface area (Å²) in [6.45, 7) is 2.22. The number of amidine groups is 1. The molecule has 0 spiro atoms. The summed E-state index contributed by atoms with van der Waals surface area (Å²) in [6, 6.07) is 9.36. The fraction of sp³-hybridized carbons (Fsp3) is 0.333. The maximum absolute atomic E-state index is 12.9. The van der Waals surface area contributed by atoms with E-state index in [0.29, 0.717) is 24.4 Å². The first-order valence-electron chi connectivity index (χ1n) is 10.4. The summed E-state index contributed by atoms with van der Waals surface area (Å²) in [6.07, 6.45) is 1.46. The maximum Gasteiger partial charge on any atom is 0.259 e. The van der Waals surface area contributed by atoms with Crippen molar-refractivity contribution in [2.75, 3.05) is 13.1 Å². The van der Waals surface area contributed by atoms with Crippen LogP contribution < -0.4 is 10.6 Å². The SMILES string of the molecule is CC1N=C(NC(=O)c2ccc(S(=O)(=O)N3CCC(O)CC3)cc2Cl)NC(c2ccccn2)=N1. The predicted molar refractivity (Wildman–Crippen MR) is 124 cm³/mol. The number of carbonyl (C=O) groups is 1. The highest BCUT2D eigenvalue weighted by Crippen LogP contribution is 2.25. The second-order valence-electron chi connectivity index (χ2n) is 7.66. The van der Waals surface area contributed by atoms with Gasteiger partial charge in [0.05, 0.1) is 21.6 Å². The highest BCUT2D eigenvalue weighted by atomic mass is 35.5. The van der Waals surface area contributed by atoms with E-state index >= 15 is 0 Å². The summed E-state index contributed by atoms with van der Waals surface area (Å²) in [5, 5.41) is 15.2. The molecule has 0 saturated carbocycles. The Morgan fingerprint density at radius 1 is 1.21 bits per heavy atom. The van der Waals surface area contributed by atoms with Gasteiger partial charge in [-0.25, -0.2) is 18.4 Å². The molecule has 2 aliphatic heterocycles. The minimum Gasteiger partial charge on any atom is -0.393 e. The van der Waals surface area contributed by atoms with E-state index in [9.17, 15) is 18.3 Å². The second-order valence-corrected chi connectivity index (χ2v) is 10.0. The fourth-order valence-electron chi connectivity index (χ4n) is 3.52. The zero-order valence-electron chi connectivity index (χ0n) is 17.8. The normalized spacial score (nSPS) is 19.9. The standard InChI is InChI=1S/C21H23ClN6O4S/c1-13-24-19(18-4-2-3-9-23-18)26-21(25-13)27-20(30)16-6-5-15(12-17(16)22)33(31,32)28-10-7-14(29)8-11-28/h2-6,9,12-14,29H,7-8,10-11H2,1H3,(H2,24,25,26,27,30). The summed E-state index contributed by atoms with van der Waals surface area (Å²) in [5.41, 5.74) is 0.701. The first kappa shape index (κ1) is 23.3. The molecule has 0 radical (unpaired) electrons. The average Bonchev–Trinajstić information content (AvgIpc) is 2.79. The van der Waals surface area contributed by atoms with E-state index in [4.69, 9.17) is 11.6 Å². The van der Waals surface area contributed by atoms with Crippen molar-refractivity contribution in [1.82, 2.24) is 19.9 Å². The van der Waals surface area contributed by atoms with Gasteiger partial charge < -0.3 is 10.4 Å². The molecule has 1 amide bonds. The van der Waals surface area contributed by atoms with E-state index in [1.807, 2.05) is 6.07 Å². The highest BCUT2D eigenvalue weighted by molar-refractivity contribution is 7.89. The molecule has 2 aliphatic rings. The van der Waals surface area contributed by atoms with E-state index in [1.165, 1.54) is 22.5 Å². The number of hydrogen-bond donors (Lipinski definition) is 3. The molecule has 3 heterocycles. The number of aliphatic hydroxyl groups is 1. The molecular weight excluding hydrogens is 468 g/mol. The highest BCUT2D eigenvalue weighted by Gasteiger charge is 2.29. The summed E-state index contributed by atoms with van der Waals surface area (Å²) >= 11 is 6.29. The third-order valence-corrected chi connectivity index (χ3v) is 7.46. The molecule has 2 aromatic rings. The Bertz CT molecular complexity index is 1210. The van der Waals surface area contributed by atoms with Gasteiger partial charge in [0.2, 0.25) is 16.0 Å². The van der Waals surface area contributed by atoms with E-state index < -0.39 is 28.2 Å². The number of pyridine rings is 1. The van der Waals surface area contributed by atoms with Crippen LogP contribution in [0.1, 0.15) is 35.8 Å². The minimum atomic E-state index is -3.78. The number of rotatable bonds is 4. The number of benzene rings is 1. The van der Waals surface area contributed by atoms with Crippen molar-refractivity contribution in [3.8, 4) is 0 Å². The fourth-order valence-corrected chi connectivity index (χ4v) is 5.35. The Morgan fingerprint density at radius 3 is 2.64 bits per heavy atom. The number of amides is 1. The van der Waals surface area contributed by atoms with Gasteiger partial charge in [0.15, 0.2) is 5.84 Å². The first-order valence-corrected chi connectivity index (χ1v) is 12.2. The number of halogens is 1. The number of aliphatic hydroxyl groups excluding tert-OH is 1. The molecule has 12 heteroatoms. The van der Waals surface area contributed by atoms with Crippen molar-refractivity contribution >= 4 is 39.3 Å². The molecule has 1 fully saturated rings. The Kier molecular flexibility index (Phi) is 6.75. The first-order chi connectivity index (χ1) is 15.7. The molecule has 1 unspecified atom stereocenters. The van der Waals surface area contributed by atoms with Crippen molar-refractivity contribution in [3.05, 3.63) is 58.9 Å². The molecule has 0 bridgehead atoms. The van der Waals surface area contributed by atoms with Crippen molar-refractivity contribution in [1.29, 1.82) is 0 Å². The Hall–Kier alpha value is -2.86. The van der Waals surface area contributed by atoms with Crippen LogP contribution in [0, 0.1) is 0 Å². The number of carbonyl (C=O) groups excluding carboxylic acids is 1. The molecule has 1 aromatic heterocycles. The number of guanidine groups is 1. The molecule has 1 atom stereocenters. The second kappa shape index (κ2) is 9.56. The smallest absolute Gasteiger partial charge is 0.259 e. The lowest BCUT2D eigenvalue weighted by molar-refractivity contribution is 0.0975. The van der Waals surface area contributed by atoms with E-state index in [-0.39, 0.29) is 34.5 Å². The summed E-state index contributed by atoms with van der Waals surface area (Å²) in [5.74, 6) is 0.0983. The van der Waals surface area contributed by atoms with E-state index in [1.54, 1.807) is 25.3 Å². The topological polar surface area (TPSA) is 136 Å². The van der Waals surface area contributed by atoms with Crippen LogP contribution in [0.4, 0.5) is 0 Å². The van der Waals surface area contributed by atoms with Crippen LogP contribution in [0.5, 0.6) is 0 Å². The van der Waals surface area contributed by atoms with Crippen LogP contribution in [0.25, 0.3) is 0 Å². The van der Waals surface area contributed by atoms with Crippen molar-refractivity contribution in [2.45, 2.75) is 36.9 Å². The van der Waals surface area contributed by atoms with Gasteiger partial charge >= 0.3 is 0 Å². The third-order valence-electron chi connectivity index (χ3n) is 5.25. The zero-order chi connectivity index (χ0) is 23.6. The lowest BCUT2D eigenvalue weighted by Crippen LogP contribution is -2.47. The van der Waals surface area contributed by atoms with Crippen LogP contribution in [-0.4, -0.2) is 65.9 Å². The molecular formula is C21H23ClN6O4S. The molecule has 10 nitrogen and oxygen atoms in total. The molecule has 1 saturated heterocycles. The predicted octanol–water partition coefficient (Wildman–Crippen LogP) is 1.36. The van der Waals surface area contributed by atoms with Crippen molar-refractivity contribution in [2.24, 2.45) is 9.98 Å². The van der Waals surface area contributed by atoms with Crippen LogP contribution in [0.2, 0.25) is 5.02 Å². The van der Waals surface area contributed by atoms with E-state index in [0.717, 1.165) is 0 Å². The average molecular weight is 491 g/mol. The molecule has 4 rings (SSSR count). The number of aromatic nitrogens is 1. The van der Waals surface area contributed by atoms with Crippen LogP contribution in [0.3, 0.4) is 0 Å². The van der Waals surface area contributed by atoms with Crippen molar-refractivity contribution < 1.29 is 18.3 Å². The Balaban J connectivity index is 1.48. The number of nitrogens with one attached hydrogen (secondary N) is 2. The molecule has 1 aromatic carbocycles. The molecule has 3 N–H and O–H groups in total. The monoisotopic (exact) mass is 490 g/mol. The van der Waals surface area contributed by atoms with Crippen LogP contribution in [0.15, 0.2) is 57.5 Å². The number of nitrogens with zero attached hydrogens (tertiary/aromatic N) is 4. The molecule has 33 heavy (non-hydrogen) atoms. The van der Waals surface area contributed by atoms with Gasteiger partial charge in [0.25, 0.3) is 5.91 Å². The van der Waals surface area contributed by atoms with Gasteiger partial charge in [0, 0.05) is 19.3 Å². The van der Waals surface area contributed by atoms with Gasteiger partial charge in [-0.1, -0.05) is 17.7 Å². The van der Waals surface area contributed by atoms with Gasteiger partial charge in [-0.2, -0.15) is 4.31 Å². The van der Waals surface area contributed by atoms with Gasteiger partial charge in [-0.05, 0) is 50.1 Å².